The molecule has 0 atom stereocenters. The average Bonchev–Trinajstić information content (AvgIpc) is 3.71. The van der Waals surface area contributed by atoms with Crippen molar-refractivity contribution in [2.24, 2.45) is 13.0 Å². The lowest BCUT2D eigenvalue weighted by atomic mass is 9.95. The van der Waals surface area contributed by atoms with E-state index in [-0.39, 0.29) is 30.3 Å². The maximum Gasteiger partial charge on any atom is 0.332 e. The Bertz CT molecular complexity index is 1220. The van der Waals surface area contributed by atoms with Crippen molar-refractivity contribution in [1.29, 1.82) is 0 Å². The number of anilines is 1. The van der Waals surface area contributed by atoms with Gasteiger partial charge in [0, 0.05) is 51.4 Å². The molecular weight excluding hydrogens is 436 g/mol. The number of aromatic nitrogens is 3. The van der Waals surface area contributed by atoms with Crippen molar-refractivity contribution < 1.29 is 9.59 Å². The number of hydrogen-bond donors (Lipinski definition) is 1. The molecule has 3 fully saturated rings. The molecule has 1 aliphatic heterocycles. The maximum atomic E-state index is 13.5. The number of rotatable bonds is 5. The van der Waals surface area contributed by atoms with E-state index in [4.69, 9.17) is 0 Å². The highest BCUT2D eigenvalue weighted by Crippen LogP contribution is 2.32. The Kier molecular flexibility index (Phi) is 6.14. The number of pyridine rings is 1. The standard InChI is InChI=1S/C24H32N6O4/c1-27-21-20(23(33)30(24(27)34)15-19(31)26-17-5-3-2-4-6-17)18(9-10-25-21)28-11-13-29(14-12-28)22(32)16-7-8-16/h9-10,16-17H,2-8,11-15H2,1H3,(H,26,31). The summed E-state index contributed by atoms with van der Waals surface area (Å²) in [5, 5.41) is 3.32. The molecule has 10 heteroatoms. The Morgan fingerprint density at radius 1 is 1.03 bits per heavy atom. The fraction of sp³-hybridized carbons (Fsp3) is 0.625. The minimum Gasteiger partial charge on any atom is -0.367 e. The predicted molar refractivity (Wildman–Crippen MR) is 128 cm³/mol. The molecule has 3 aliphatic rings. The maximum absolute atomic E-state index is 13.5. The first-order valence-electron chi connectivity index (χ1n) is 12.4. The van der Waals surface area contributed by atoms with Gasteiger partial charge in [0.05, 0.1) is 5.69 Å². The lowest BCUT2D eigenvalue weighted by molar-refractivity contribution is -0.132. The van der Waals surface area contributed by atoms with Crippen molar-refractivity contribution in [3.05, 3.63) is 33.1 Å². The van der Waals surface area contributed by atoms with Crippen LogP contribution in [0.4, 0.5) is 5.69 Å². The molecule has 10 nitrogen and oxygen atoms in total. The van der Waals surface area contributed by atoms with Crippen molar-refractivity contribution in [3.8, 4) is 0 Å². The van der Waals surface area contributed by atoms with E-state index in [0.717, 1.165) is 43.1 Å². The molecule has 5 rings (SSSR count). The van der Waals surface area contributed by atoms with Crippen LogP contribution in [-0.4, -0.2) is 63.1 Å². The Balaban J connectivity index is 1.42. The summed E-state index contributed by atoms with van der Waals surface area (Å²) >= 11 is 0. The topological polar surface area (TPSA) is 110 Å². The van der Waals surface area contributed by atoms with Gasteiger partial charge in [0.15, 0.2) is 5.65 Å². The second-order valence-electron chi connectivity index (χ2n) is 9.75. The van der Waals surface area contributed by atoms with Crippen LogP contribution in [0, 0.1) is 5.92 Å². The molecule has 1 saturated heterocycles. The average molecular weight is 469 g/mol. The number of nitrogens with one attached hydrogen (secondary N) is 1. The molecule has 0 spiro atoms. The zero-order chi connectivity index (χ0) is 23.8. The quantitative estimate of drug-likeness (QED) is 0.688. The van der Waals surface area contributed by atoms with Crippen LogP contribution < -0.4 is 21.5 Å². The number of carbonyl (C=O) groups is 2. The van der Waals surface area contributed by atoms with E-state index in [2.05, 4.69) is 15.2 Å². The first kappa shape index (κ1) is 22.6. The second-order valence-corrected chi connectivity index (χ2v) is 9.75. The van der Waals surface area contributed by atoms with Gasteiger partial charge in [0.25, 0.3) is 5.56 Å². The molecule has 182 valence electrons. The van der Waals surface area contributed by atoms with Gasteiger partial charge in [0.2, 0.25) is 11.8 Å². The van der Waals surface area contributed by atoms with Crippen molar-refractivity contribution in [2.75, 3.05) is 31.1 Å². The molecule has 3 heterocycles. The number of hydrogen-bond acceptors (Lipinski definition) is 6. The molecule has 2 saturated carbocycles. The van der Waals surface area contributed by atoms with Crippen LogP contribution in [0.1, 0.15) is 44.9 Å². The smallest absolute Gasteiger partial charge is 0.332 e. The molecule has 0 aromatic carbocycles. The van der Waals surface area contributed by atoms with Crippen LogP contribution in [0.5, 0.6) is 0 Å². The van der Waals surface area contributed by atoms with Crippen LogP contribution in [0.15, 0.2) is 21.9 Å². The Hall–Kier alpha value is -3.17. The molecule has 1 N–H and O–H groups in total. The Morgan fingerprint density at radius 2 is 1.74 bits per heavy atom. The van der Waals surface area contributed by atoms with Crippen LogP contribution in [0.25, 0.3) is 11.0 Å². The zero-order valence-electron chi connectivity index (χ0n) is 19.7. The largest absolute Gasteiger partial charge is 0.367 e. The SMILES string of the molecule is Cn1c(=O)n(CC(=O)NC2CCCCC2)c(=O)c2c(N3CCN(C(=O)C4CC4)CC3)ccnc21. The first-order valence-corrected chi connectivity index (χ1v) is 12.4. The Labute approximate surface area is 197 Å². The van der Waals surface area contributed by atoms with Gasteiger partial charge in [-0.25, -0.2) is 9.78 Å². The number of nitrogens with zero attached hydrogens (tertiary/aromatic N) is 5. The third-order valence-corrected chi connectivity index (χ3v) is 7.33. The fourth-order valence-corrected chi connectivity index (χ4v) is 5.22. The minimum absolute atomic E-state index is 0.105. The van der Waals surface area contributed by atoms with E-state index in [1.807, 2.05) is 4.90 Å². The van der Waals surface area contributed by atoms with Gasteiger partial charge in [-0.1, -0.05) is 19.3 Å². The van der Waals surface area contributed by atoms with Gasteiger partial charge >= 0.3 is 5.69 Å². The summed E-state index contributed by atoms with van der Waals surface area (Å²) in [6.45, 7) is 2.09. The predicted octanol–water partition coefficient (Wildman–Crippen LogP) is 0.603. The van der Waals surface area contributed by atoms with Crippen LogP contribution >= 0.6 is 0 Å². The number of fused-ring (bicyclic) bond motifs is 1. The summed E-state index contributed by atoms with van der Waals surface area (Å²) in [4.78, 5) is 59.8. The van der Waals surface area contributed by atoms with E-state index in [0.29, 0.717) is 42.9 Å². The van der Waals surface area contributed by atoms with E-state index in [1.165, 1.54) is 11.0 Å². The Morgan fingerprint density at radius 3 is 2.41 bits per heavy atom. The number of aryl methyl sites for hydroxylation is 1. The molecular formula is C24H32N6O4. The van der Waals surface area contributed by atoms with Gasteiger partial charge in [-0.2, -0.15) is 0 Å². The molecule has 0 radical (unpaired) electrons. The normalized spacial score (nSPS) is 19.4. The molecule has 2 amide bonds. The zero-order valence-corrected chi connectivity index (χ0v) is 19.7. The highest BCUT2D eigenvalue weighted by Gasteiger charge is 2.35. The van der Waals surface area contributed by atoms with E-state index >= 15 is 0 Å². The summed E-state index contributed by atoms with van der Waals surface area (Å²) in [6.07, 6.45) is 8.76. The number of piperazine rings is 1. The third-order valence-electron chi connectivity index (χ3n) is 7.33. The number of amides is 2. The lowest BCUT2D eigenvalue weighted by Crippen LogP contribution is -2.50. The summed E-state index contributed by atoms with van der Waals surface area (Å²) in [5.74, 6) is 0.103. The third kappa shape index (κ3) is 4.33. The van der Waals surface area contributed by atoms with Gasteiger partial charge in [-0.15, -0.1) is 0 Å². The van der Waals surface area contributed by atoms with Crippen LogP contribution in [-0.2, 0) is 23.2 Å². The van der Waals surface area contributed by atoms with E-state index in [1.54, 1.807) is 19.3 Å². The first-order chi connectivity index (χ1) is 16.4. The summed E-state index contributed by atoms with van der Waals surface area (Å²) in [5.41, 5.74) is -0.0734. The minimum atomic E-state index is -0.555. The highest BCUT2D eigenvalue weighted by molar-refractivity contribution is 5.89. The van der Waals surface area contributed by atoms with Gasteiger partial charge in [-0.3, -0.25) is 23.5 Å². The molecule has 2 aliphatic carbocycles. The van der Waals surface area contributed by atoms with Crippen molar-refractivity contribution in [2.45, 2.75) is 57.5 Å². The van der Waals surface area contributed by atoms with Crippen molar-refractivity contribution in [1.82, 2.24) is 24.3 Å². The monoisotopic (exact) mass is 468 g/mol. The van der Waals surface area contributed by atoms with Crippen LogP contribution in [0.2, 0.25) is 0 Å². The lowest BCUT2D eigenvalue weighted by Gasteiger charge is -2.36. The van der Waals surface area contributed by atoms with Gasteiger partial charge < -0.3 is 15.1 Å². The molecule has 2 aromatic rings. The molecule has 34 heavy (non-hydrogen) atoms. The summed E-state index contributed by atoms with van der Waals surface area (Å²) in [6, 6.07) is 1.88. The van der Waals surface area contributed by atoms with Crippen LogP contribution in [0.3, 0.4) is 0 Å². The number of carbonyl (C=O) groups excluding carboxylic acids is 2. The van der Waals surface area contributed by atoms with E-state index < -0.39 is 11.2 Å². The van der Waals surface area contributed by atoms with Crippen molar-refractivity contribution in [3.63, 3.8) is 0 Å². The summed E-state index contributed by atoms with van der Waals surface area (Å²) in [7, 11) is 1.57. The molecule has 0 bridgehead atoms. The van der Waals surface area contributed by atoms with E-state index in [9.17, 15) is 19.2 Å². The fourth-order valence-electron chi connectivity index (χ4n) is 5.22. The van der Waals surface area contributed by atoms with Gasteiger partial charge in [0.1, 0.15) is 11.9 Å². The molecule has 0 unspecified atom stereocenters. The van der Waals surface area contributed by atoms with Crippen molar-refractivity contribution >= 4 is 28.5 Å². The summed E-state index contributed by atoms with van der Waals surface area (Å²) < 4.78 is 2.35. The molecule has 2 aromatic heterocycles. The highest BCUT2D eigenvalue weighted by atomic mass is 16.2. The van der Waals surface area contributed by atoms with Gasteiger partial charge in [-0.05, 0) is 31.7 Å². The second kappa shape index (κ2) is 9.23.